The molecule has 3 rings (SSSR count). The number of halogens is 1. The summed E-state index contributed by atoms with van der Waals surface area (Å²) in [7, 11) is 1.52. The molecule has 0 unspecified atom stereocenters. The van der Waals surface area contributed by atoms with E-state index in [1.54, 1.807) is 24.3 Å². The summed E-state index contributed by atoms with van der Waals surface area (Å²) >= 11 is 1.33. The number of amides is 1. The van der Waals surface area contributed by atoms with Crippen molar-refractivity contribution in [2.45, 2.75) is 11.4 Å². The molecule has 0 fully saturated rings. The van der Waals surface area contributed by atoms with E-state index in [0.717, 1.165) is 4.90 Å². The number of methoxy groups -OCH3 is 1. The number of fused-ring (bicyclic) bond motifs is 1. The van der Waals surface area contributed by atoms with Crippen LogP contribution < -0.4 is 10.1 Å². The lowest BCUT2D eigenvalue weighted by Gasteiger charge is -2.05. The van der Waals surface area contributed by atoms with Crippen LogP contribution in [0.5, 0.6) is 5.88 Å². The first-order valence-electron chi connectivity index (χ1n) is 7.06. The Morgan fingerprint density at radius 3 is 2.79 bits per heavy atom. The smallest absolute Gasteiger partial charge is 0.231 e. The number of hydrogen-bond donors (Lipinski definition) is 1. The molecule has 0 saturated heterocycles. The minimum Gasteiger partial charge on any atom is -0.480 e. The molecule has 124 valence electrons. The first-order chi connectivity index (χ1) is 11.7. The molecule has 1 N–H and O–H groups in total. The Hall–Kier alpha value is -2.68. The van der Waals surface area contributed by atoms with Gasteiger partial charge in [-0.3, -0.25) is 4.79 Å². The molecule has 0 aliphatic carbocycles. The van der Waals surface area contributed by atoms with E-state index in [2.05, 4.69) is 20.6 Å². The standard InChI is InChI=1S/C15H14FN5O2S/c1-23-15-7-6-12-18-19-13(21(12)20-15)8-17-14(22)9-24-11-4-2-10(16)3-5-11/h2-7H,8-9H2,1H3,(H,17,22). The molecule has 0 bridgehead atoms. The average Bonchev–Trinajstić information content (AvgIpc) is 3.01. The zero-order valence-corrected chi connectivity index (χ0v) is 13.6. The number of thioether (sulfide) groups is 1. The first-order valence-corrected chi connectivity index (χ1v) is 8.04. The first kappa shape index (κ1) is 16.2. The summed E-state index contributed by atoms with van der Waals surface area (Å²) in [4.78, 5) is 12.8. The molecule has 24 heavy (non-hydrogen) atoms. The molecular formula is C15H14FN5O2S. The van der Waals surface area contributed by atoms with Crippen LogP contribution in [-0.4, -0.2) is 38.6 Å². The number of ether oxygens (including phenoxy) is 1. The molecule has 0 radical (unpaired) electrons. The number of benzene rings is 1. The Morgan fingerprint density at radius 2 is 2.04 bits per heavy atom. The van der Waals surface area contributed by atoms with E-state index >= 15 is 0 Å². The molecule has 1 aromatic carbocycles. The van der Waals surface area contributed by atoms with Crippen molar-refractivity contribution in [3.05, 3.63) is 48.0 Å². The van der Waals surface area contributed by atoms with Gasteiger partial charge in [0.05, 0.1) is 19.4 Å². The molecule has 0 spiro atoms. The fraction of sp³-hybridized carbons (Fsp3) is 0.200. The zero-order valence-electron chi connectivity index (χ0n) is 12.8. The van der Waals surface area contributed by atoms with Gasteiger partial charge in [0.2, 0.25) is 11.8 Å². The zero-order chi connectivity index (χ0) is 16.9. The number of hydrogen-bond acceptors (Lipinski definition) is 6. The van der Waals surface area contributed by atoms with Crippen molar-refractivity contribution in [3.8, 4) is 5.88 Å². The molecular weight excluding hydrogens is 333 g/mol. The van der Waals surface area contributed by atoms with E-state index in [1.807, 2.05) is 0 Å². The van der Waals surface area contributed by atoms with Crippen LogP contribution in [0.15, 0.2) is 41.3 Å². The highest BCUT2D eigenvalue weighted by Gasteiger charge is 2.10. The molecule has 0 saturated carbocycles. The van der Waals surface area contributed by atoms with Gasteiger partial charge in [-0.1, -0.05) is 0 Å². The highest BCUT2D eigenvalue weighted by Crippen LogP contribution is 2.17. The van der Waals surface area contributed by atoms with Gasteiger partial charge < -0.3 is 10.1 Å². The van der Waals surface area contributed by atoms with Crippen molar-refractivity contribution in [1.29, 1.82) is 0 Å². The van der Waals surface area contributed by atoms with Gasteiger partial charge in [0, 0.05) is 11.0 Å². The van der Waals surface area contributed by atoms with Crippen molar-refractivity contribution in [3.63, 3.8) is 0 Å². The van der Waals surface area contributed by atoms with Crippen LogP contribution in [0.1, 0.15) is 5.82 Å². The topological polar surface area (TPSA) is 81.4 Å². The van der Waals surface area contributed by atoms with Gasteiger partial charge in [-0.25, -0.2) is 4.39 Å². The summed E-state index contributed by atoms with van der Waals surface area (Å²) in [5, 5.41) is 14.9. The molecule has 0 aliphatic rings. The molecule has 3 aromatic rings. The van der Waals surface area contributed by atoms with E-state index < -0.39 is 0 Å². The predicted octanol–water partition coefficient (Wildman–Crippen LogP) is 1.68. The van der Waals surface area contributed by atoms with Crippen LogP contribution in [-0.2, 0) is 11.3 Å². The summed E-state index contributed by atoms with van der Waals surface area (Å²) in [6, 6.07) is 9.41. The van der Waals surface area contributed by atoms with E-state index in [4.69, 9.17) is 4.74 Å². The maximum Gasteiger partial charge on any atom is 0.231 e. The second-order valence-corrected chi connectivity index (χ2v) is 5.83. The lowest BCUT2D eigenvalue weighted by Crippen LogP contribution is -2.25. The Labute approximate surface area is 141 Å². The van der Waals surface area contributed by atoms with E-state index in [0.29, 0.717) is 17.4 Å². The van der Waals surface area contributed by atoms with Crippen molar-refractivity contribution in [2.24, 2.45) is 0 Å². The second kappa shape index (κ2) is 7.26. The third-order valence-corrected chi connectivity index (χ3v) is 4.15. The Morgan fingerprint density at radius 1 is 1.25 bits per heavy atom. The number of rotatable bonds is 6. The summed E-state index contributed by atoms with van der Waals surface area (Å²) in [5.41, 5.74) is 0.570. The minimum absolute atomic E-state index is 0.163. The van der Waals surface area contributed by atoms with Gasteiger partial charge in [-0.05, 0) is 30.3 Å². The van der Waals surface area contributed by atoms with E-state index in [1.165, 1.54) is 35.5 Å². The van der Waals surface area contributed by atoms with Crippen LogP contribution >= 0.6 is 11.8 Å². The largest absolute Gasteiger partial charge is 0.480 e. The molecule has 7 nitrogen and oxygen atoms in total. The van der Waals surface area contributed by atoms with Crippen molar-refractivity contribution < 1.29 is 13.9 Å². The normalized spacial score (nSPS) is 10.8. The molecule has 2 aromatic heterocycles. The Balaban J connectivity index is 1.57. The molecule has 2 heterocycles. The minimum atomic E-state index is -0.301. The lowest BCUT2D eigenvalue weighted by atomic mass is 10.4. The van der Waals surface area contributed by atoms with Gasteiger partial charge in [-0.2, -0.15) is 4.52 Å². The predicted molar refractivity (Wildman–Crippen MR) is 86.3 cm³/mol. The summed E-state index contributed by atoms with van der Waals surface area (Å²) in [6.07, 6.45) is 0. The number of nitrogens with zero attached hydrogens (tertiary/aromatic N) is 4. The quantitative estimate of drug-likeness (QED) is 0.683. The van der Waals surface area contributed by atoms with Gasteiger partial charge in [0.15, 0.2) is 11.5 Å². The Kier molecular flexibility index (Phi) is 4.90. The monoisotopic (exact) mass is 347 g/mol. The number of carbonyl (C=O) groups excluding carboxylic acids is 1. The number of nitrogens with one attached hydrogen (secondary N) is 1. The van der Waals surface area contributed by atoms with Gasteiger partial charge in [0.1, 0.15) is 5.82 Å². The average molecular weight is 347 g/mol. The Bertz CT molecular complexity index is 853. The third-order valence-electron chi connectivity index (χ3n) is 3.14. The fourth-order valence-corrected chi connectivity index (χ4v) is 2.67. The summed E-state index contributed by atoms with van der Waals surface area (Å²) in [5.74, 6) is 0.694. The summed E-state index contributed by atoms with van der Waals surface area (Å²) < 4.78 is 19.4. The third kappa shape index (κ3) is 3.80. The van der Waals surface area contributed by atoms with E-state index in [9.17, 15) is 9.18 Å². The van der Waals surface area contributed by atoms with Crippen molar-refractivity contribution >= 4 is 23.3 Å². The fourth-order valence-electron chi connectivity index (χ4n) is 1.94. The maximum absolute atomic E-state index is 12.8. The van der Waals surface area contributed by atoms with Crippen LogP contribution in [0.3, 0.4) is 0 Å². The SMILES string of the molecule is COc1ccc2nnc(CNC(=O)CSc3ccc(F)cc3)n2n1. The maximum atomic E-state index is 12.8. The lowest BCUT2D eigenvalue weighted by molar-refractivity contribution is -0.118. The van der Waals surface area contributed by atoms with Crippen LogP contribution in [0.2, 0.25) is 0 Å². The number of carbonyl (C=O) groups is 1. The van der Waals surface area contributed by atoms with Gasteiger partial charge in [0.25, 0.3) is 0 Å². The van der Waals surface area contributed by atoms with E-state index in [-0.39, 0.29) is 24.0 Å². The van der Waals surface area contributed by atoms with Crippen LogP contribution in [0.25, 0.3) is 5.65 Å². The van der Waals surface area contributed by atoms with Crippen LogP contribution in [0.4, 0.5) is 4.39 Å². The highest BCUT2D eigenvalue weighted by atomic mass is 32.2. The highest BCUT2D eigenvalue weighted by molar-refractivity contribution is 8.00. The van der Waals surface area contributed by atoms with Crippen molar-refractivity contribution in [2.75, 3.05) is 12.9 Å². The molecule has 1 amide bonds. The second-order valence-electron chi connectivity index (χ2n) is 4.78. The molecule has 0 atom stereocenters. The van der Waals surface area contributed by atoms with Crippen molar-refractivity contribution in [1.82, 2.24) is 25.1 Å². The molecule has 9 heteroatoms. The molecule has 0 aliphatic heterocycles. The van der Waals surface area contributed by atoms with Crippen LogP contribution in [0, 0.1) is 5.82 Å². The van der Waals surface area contributed by atoms with Gasteiger partial charge >= 0.3 is 0 Å². The summed E-state index contributed by atoms with van der Waals surface area (Å²) in [6.45, 7) is 0.199. The number of aromatic nitrogens is 4. The van der Waals surface area contributed by atoms with Gasteiger partial charge in [-0.15, -0.1) is 27.1 Å².